The molecule has 1 amide bonds. The normalized spacial score (nSPS) is 17.2. The van der Waals surface area contributed by atoms with Crippen LogP contribution in [0.25, 0.3) is 0 Å². The Morgan fingerprint density at radius 1 is 1.25 bits per heavy atom. The number of ether oxygens (including phenoxy) is 1. The molecule has 1 aliphatic rings. The maximum absolute atomic E-state index is 11.9. The molecule has 1 heterocycles. The van der Waals surface area contributed by atoms with E-state index in [1.165, 1.54) is 0 Å². The number of rotatable bonds is 5. The van der Waals surface area contributed by atoms with Crippen LogP contribution in [-0.4, -0.2) is 40.6 Å². The van der Waals surface area contributed by atoms with E-state index < -0.39 is 17.4 Å². The molecule has 1 aliphatic heterocycles. The van der Waals surface area contributed by atoms with Crippen LogP contribution < -0.4 is 10.1 Å². The van der Waals surface area contributed by atoms with Gasteiger partial charge < -0.3 is 15.2 Å². The van der Waals surface area contributed by atoms with Crippen molar-refractivity contribution in [3.63, 3.8) is 0 Å². The molecule has 1 aromatic carbocycles. The molecule has 1 fully saturated rings. The third kappa shape index (κ3) is 3.66. The fraction of sp³-hybridized carbons (Fsp3) is 0.429. The van der Waals surface area contributed by atoms with Crippen LogP contribution in [0.5, 0.6) is 5.75 Å². The highest BCUT2D eigenvalue weighted by atomic mass is 32.2. The molecule has 0 spiro atoms. The maximum Gasteiger partial charge on any atom is 0.329 e. The van der Waals surface area contributed by atoms with E-state index in [4.69, 9.17) is 4.74 Å². The van der Waals surface area contributed by atoms with Gasteiger partial charge in [-0.3, -0.25) is 4.79 Å². The monoisotopic (exact) mass is 295 g/mol. The van der Waals surface area contributed by atoms with Crippen molar-refractivity contribution >= 4 is 23.6 Å². The van der Waals surface area contributed by atoms with E-state index in [0.29, 0.717) is 18.6 Å². The lowest BCUT2D eigenvalue weighted by Crippen LogP contribution is -2.57. The van der Waals surface area contributed by atoms with Gasteiger partial charge >= 0.3 is 5.97 Å². The minimum atomic E-state index is -1.14. The summed E-state index contributed by atoms with van der Waals surface area (Å²) < 4.78 is 5.32. The molecular formula is C14H17NO4S. The topological polar surface area (TPSA) is 75.6 Å². The molecule has 0 saturated carbocycles. The van der Waals surface area contributed by atoms with Crippen molar-refractivity contribution in [2.75, 3.05) is 18.1 Å². The van der Waals surface area contributed by atoms with Crippen molar-refractivity contribution < 1.29 is 19.4 Å². The van der Waals surface area contributed by atoms with Crippen LogP contribution in [0.15, 0.2) is 30.3 Å². The lowest BCUT2D eigenvalue weighted by Gasteiger charge is -2.33. The first-order valence-electron chi connectivity index (χ1n) is 6.42. The zero-order valence-corrected chi connectivity index (χ0v) is 11.8. The Balaban J connectivity index is 1.90. The van der Waals surface area contributed by atoms with Crippen molar-refractivity contribution in [2.45, 2.75) is 18.4 Å². The van der Waals surface area contributed by atoms with Gasteiger partial charge in [-0.1, -0.05) is 18.2 Å². The second-order valence-electron chi connectivity index (χ2n) is 4.65. The summed E-state index contributed by atoms with van der Waals surface area (Å²) >= 11 is 1.71. The van der Waals surface area contributed by atoms with E-state index in [0.717, 1.165) is 11.5 Å². The van der Waals surface area contributed by atoms with Gasteiger partial charge in [-0.25, -0.2) is 4.79 Å². The molecule has 6 heteroatoms. The number of carboxylic acid groups (broad SMARTS) is 1. The lowest BCUT2D eigenvalue weighted by atomic mass is 9.92. The van der Waals surface area contributed by atoms with Crippen LogP contribution in [0.3, 0.4) is 0 Å². The highest BCUT2D eigenvalue weighted by Crippen LogP contribution is 2.27. The fourth-order valence-corrected chi connectivity index (χ4v) is 3.27. The van der Waals surface area contributed by atoms with Gasteiger partial charge in [-0.05, 0) is 36.5 Å². The Kier molecular flexibility index (Phi) is 4.89. The maximum atomic E-state index is 11.9. The van der Waals surface area contributed by atoms with E-state index in [-0.39, 0.29) is 6.61 Å². The number of para-hydroxylation sites is 1. The first-order chi connectivity index (χ1) is 9.62. The number of aliphatic carboxylic acids is 1. The van der Waals surface area contributed by atoms with E-state index >= 15 is 0 Å². The first kappa shape index (κ1) is 14.7. The number of carboxylic acids is 1. The average molecular weight is 295 g/mol. The minimum absolute atomic E-state index is 0.174. The third-order valence-corrected chi connectivity index (χ3v) is 4.23. The summed E-state index contributed by atoms with van der Waals surface area (Å²) in [6, 6.07) is 8.97. The highest BCUT2D eigenvalue weighted by Gasteiger charge is 2.41. The molecule has 2 N–H and O–H groups in total. The first-order valence-corrected chi connectivity index (χ1v) is 7.58. The molecule has 0 radical (unpaired) electrons. The van der Waals surface area contributed by atoms with Gasteiger partial charge in [0.05, 0.1) is 0 Å². The summed E-state index contributed by atoms with van der Waals surface area (Å²) in [5.41, 5.74) is -1.14. The molecular weight excluding hydrogens is 278 g/mol. The summed E-state index contributed by atoms with van der Waals surface area (Å²) in [7, 11) is 0. The van der Waals surface area contributed by atoms with Gasteiger partial charge in [-0.15, -0.1) is 0 Å². The molecule has 0 atom stereocenters. The van der Waals surface area contributed by atoms with E-state index in [2.05, 4.69) is 5.32 Å². The molecule has 0 unspecified atom stereocenters. The average Bonchev–Trinajstić information content (AvgIpc) is 2.47. The van der Waals surface area contributed by atoms with Gasteiger partial charge in [0, 0.05) is 0 Å². The van der Waals surface area contributed by atoms with Crippen molar-refractivity contribution in [3.8, 4) is 5.75 Å². The number of carbonyl (C=O) groups is 2. The molecule has 5 nitrogen and oxygen atoms in total. The molecule has 20 heavy (non-hydrogen) atoms. The van der Waals surface area contributed by atoms with Crippen LogP contribution in [0.2, 0.25) is 0 Å². The van der Waals surface area contributed by atoms with E-state index in [1.54, 1.807) is 23.9 Å². The Morgan fingerprint density at radius 3 is 2.50 bits per heavy atom. The van der Waals surface area contributed by atoms with Crippen LogP contribution >= 0.6 is 11.8 Å². The van der Waals surface area contributed by atoms with Gasteiger partial charge in [0.15, 0.2) is 6.61 Å². The van der Waals surface area contributed by atoms with Gasteiger partial charge in [0.25, 0.3) is 5.91 Å². The molecule has 1 saturated heterocycles. The quantitative estimate of drug-likeness (QED) is 0.861. The van der Waals surface area contributed by atoms with Gasteiger partial charge in [-0.2, -0.15) is 11.8 Å². The zero-order valence-electron chi connectivity index (χ0n) is 11.0. The molecule has 0 aliphatic carbocycles. The number of amides is 1. The summed E-state index contributed by atoms with van der Waals surface area (Å²) in [4.78, 5) is 23.3. The standard InChI is InChI=1S/C14H17NO4S/c16-12(10-19-11-4-2-1-3-5-11)15-14(13(17)18)6-8-20-9-7-14/h1-5H,6-10H2,(H,15,16)(H,17,18). The Hall–Kier alpha value is -1.69. The number of carbonyl (C=O) groups excluding carboxylic acids is 1. The third-order valence-electron chi connectivity index (χ3n) is 3.25. The van der Waals surface area contributed by atoms with Crippen LogP contribution in [0, 0.1) is 0 Å². The second-order valence-corrected chi connectivity index (χ2v) is 5.87. The Bertz CT molecular complexity index is 471. The zero-order chi connectivity index (χ0) is 14.4. The minimum Gasteiger partial charge on any atom is -0.484 e. The molecule has 0 bridgehead atoms. The van der Waals surface area contributed by atoms with Crippen molar-refractivity contribution in [3.05, 3.63) is 30.3 Å². The van der Waals surface area contributed by atoms with Gasteiger partial charge in [0.2, 0.25) is 0 Å². The number of hydrogen-bond acceptors (Lipinski definition) is 4. The van der Waals surface area contributed by atoms with Crippen molar-refractivity contribution in [1.29, 1.82) is 0 Å². The number of thioether (sulfide) groups is 1. The number of hydrogen-bond donors (Lipinski definition) is 2. The molecule has 0 aromatic heterocycles. The SMILES string of the molecule is O=C(COc1ccccc1)NC1(C(=O)O)CCSCC1. The molecule has 1 aromatic rings. The Labute approximate surface area is 121 Å². The number of nitrogens with one attached hydrogen (secondary N) is 1. The second kappa shape index (κ2) is 6.65. The van der Waals surface area contributed by atoms with E-state index in [1.807, 2.05) is 18.2 Å². The summed E-state index contributed by atoms with van der Waals surface area (Å²) in [6.45, 7) is -0.174. The summed E-state index contributed by atoms with van der Waals surface area (Å²) in [6.07, 6.45) is 0.897. The van der Waals surface area contributed by atoms with Crippen LogP contribution in [0.4, 0.5) is 0 Å². The number of benzene rings is 1. The van der Waals surface area contributed by atoms with Crippen LogP contribution in [-0.2, 0) is 9.59 Å². The smallest absolute Gasteiger partial charge is 0.329 e. The van der Waals surface area contributed by atoms with Crippen molar-refractivity contribution in [1.82, 2.24) is 5.32 Å². The predicted molar refractivity (Wildman–Crippen MR) is 77.0 cm³/mol. The molecule has 2 rings (SSSR count). The highest BCUT2D eigenvalue weighted by molar-refractivity contribution is 7.99. The van der Waals surface area contributed by atoms with Crippen molar-refractivity contribution in [2.24, 2.45) is 0 Å². The van der Waals surface area contributed by atoms with Gasteiger partial charge in [0.1, 0.15) is 11.3 Å². The fourth-order valence-electron chi connectivity index (χ4n) is 2.08. The lowest BCUT2D eigenvalue weighted by molar-refractivity contribution is -0.148. The largest absolute Gasteiger partial charge is 0.484 e. The van der Waals surface area contributed by atoms with E-state index in [9.17, 15) is 14.7 Å². The summed E-state index contributed by atoms with van der Waals surface area (Å²) in [5, 5.41) is 12.0. The van der Waals surface area contributed by atoms with Crippen LogP contribution in [0.1, 0.15) is 12.8 Å². The Morgan fingerprint density at radius 2 is 1.90 bits per heavy atom. The predicted octanol–water partition coefficient (Wildman–Crippen LogP) is 1.53. The summed E-state index contributed by atoms with van der Waals surface area (Å²) in [5.74, 6) is 0.707. The molecule has 108 valence electrons.